The van der Waals surface area contributed by atoms with Crippen LogP contribution in [0.1, 0.15) is 0 Å². The molecule has 0 aliphatic rings. The van der Waals surface area contributed by atoms with E-state index < -0.39 is 0 Å². The van der Waals surface area contributed by atoms with E-state index in [0.29, 0.717) is 5.69 Å². The highest BCUT2D eigenvalue weighted by molar-refractivity contribution is 7.99. The molecule has 0 saturated heterocycles. The molecule has 2 aromatic carbocycles. The molecule has 0 atom stereocenters. The van der Waals surface area contributed by atoms with Crippen LogP contribution in [-0.2, 0) is 0 Å². The quantitative estimate of drug-likeness (QED) is 0.646. The summed E-state index contributed by atoms with van der Waals surface area (Å²) in [7, 11) is 1.64. The van der Waals surface area contributed by atoms with E-state index in [1.807, 2.05) is 30.3 Å². The van der Waals surface area contributed by atoms with Crippen LogP contribution in [-0.4, -0.2) is 12.2 Å². The molecule has 2 aromatic rings. The van der Waals surface area contributed by atoms with Gasteiger partial charge in [-0.25, -0.2) is 0 Å². The Bertz CT molecular complexity index is 511. The van der Waals surface area contributed by atoms with Gasteiger partial charge in [0.2, 0.25) is 0 Å². The van der Waals surface area contributed by atoms with Crippen LogP contribution >= 0.6 is 11.8 Å². The van der Waals surface area contributed by atoms with Crippen LogP contribution < -0.4 is 10.5 Å². The fourth-order valence-electron chi connectivity index (χ4n) is 1.37. The minimum absolute atomic E-state index is 0.114. The number of benzene rings is 2. The third-order valence-electron chi connectivity index (χ3n) is 2.30. The smallest absolute Gasteiger partial charge is 0.139 e. The normalized spacial score (nSPS) is 10.2. The summed E-state index contributed by atoms with van der Waals surface area (Å²) in [6, 6.07) is 13.0. The van der Waals surface area contributed by atoms with E-state index in [0.717, 1.165) is 15.5 Å². The Labute approximate surface area is 104 Å². The second kappa shape index (κ2) is 5.01. The van der Waals surface area contributed by atoms with Gasteiger partial charge in [-0.3, -0.25) is 0 Å². The number of aromatic hydroxyl groups is 1. The van der Waals surface area contributed by atoms with Crippen molar-refractivity contribution in [2.24, 2.45) is 0 Å². The van der Waals surface area contributed by atoms with Gasteiger partial charge in [-0.1, -0.05) is 11.8 Å². The molecule has 0 fully saturated rings. The van der Waals surface area contributed by atoms with Gasteiger partial charge in [0.1, 0.15) is 11.5 Å². The summed E-state index contributed by atoms with van der Waals surface area (Å²) in [5.41, 5.74) is 5.94. The van der Waals surface area contributed by atoms with Gasteiger partial charge in [0.15, 0.2) is 0 Å². The standard InChI is InChI=1S/C13H13NO2S/c1-16-9-2-4-10(5-3-9)17-11-6-7-12(14)13(15)8-11/h2-8,15H,14H2,1H3. The number of nitrogens with two attached hydrogens (primary N) is 1. The predicted molar refractivity (Wildman–Crippen MR) is 69.6 cm³/mol. The van der Waals surface area contributed by atoms with Crippen LogP contribution in [0.5, 0.6) is 11.5 Å². The summed E-state index contributed by atoms with van der Waals surface area (Å²) < 4.78 is 5.09. The highest BCUT2D eigenvalue weighted by atomic mass is 32.2. The minimum Gasteiger partial charge on any atom is -0.506 e. The zero-order valence-corrected chi connectivity index (χ0v) is 10.2. The molecule has 0 aliphatic carbocycles. The van der Waals surface area contributed by atoms with Gasteiger partial charge in [0.25, 0.3) is 0 Å². The van der Waals surface area contributed by atoms with Gasteiger partial charge in [-0.15, -0.1) is 0 Å². The third-order valence-corrected chi connectivity index (χ3v) is 3.29. The van der Waals surface area contributed by atoms with E-state index in [2.05, 4.69) is 0 Å². The lowest BCUT2D eigenvalue weighted by molar-refractivity contribution is 0.414. The van der Waals surface area contributed by atoms with Crippen LogP contribution in [0.4, 0.5) is 5.69 Å². The average molecular weight is 247 g/mol. The molecule has 0 saturated carbocycles. The number of hydrogen-bond acceptors (Lipinski definition) is 4. The molecule has 88 valence electrons. The van der Waals surface area contributed by atoms with E-state index in [9.17, 15) is 5.11 Å². The molecule has 0 radical (unpaired) electrons. The van der Waals surface area contributed by atoms with Crippen molar-refractivity contribution in [3.8, 4) is 11.5 Å². The molecule has 0 aromatic heterocycles. The first kappa shape index (κ1) is 11.7. The van der Waals surface area contributed by atoms with Crippen LogP contribution in [0, 0.1) is 0 Å². The highest BCUT2D eigenvalue weighted by Crippen LogP contribution is 2.32. The lowest BCUT2D eigenvalue weighted by Gasteiger charge is -2.05. The fourth-order valence-corrected chi connectivity index (χ4v) is 2.22. The molecule has 4 heteroatoms. The minimum atomic E-state index is 0.114. The number of hydrogen-bond donors (Lipinski definition) is 2. The lowest BCUT2D eigenvalue weighted by atomic mass is 10.3. The predicted octanol–water partition coefficient (Wildman–Crippen LogP) is 3.13. The van der Waals surface area contributed by atoms with Crippen molar-refractivity contribution in [1.29, 1.82) is 0 Å². The molecular weight excluding hydrogens is 234 g/mol. The number of phenolic OH excluding ortho intramolecular Hbond substituents is 1. The SMILES string of the molecule is COc1ccc(Sc2ccc(N)c(O)c2)cc1. The number of rotatable bonds is 3. The summed E-state index contributed by atoms with van der Waals surface area (Å²) >= 11 is 1.56. The van der Waals surface area contributed by atoms with Crippen molar-refractivity contribution in [1.82, 2.24) is 0 Å². The second-order valence-electron chi connectivity index (χ2n) is 3.50. The third kappa shape index (κ3) is 2.85. The monoisotopic (exact) mass is 247 g/mol. The maximum Gasteiger partial charge on any atom is 0.139 e. The van der Waals surface area contributed by atoms with Crippen LogP contribution in [0.15, 0.2) is 52.3 Å². The second-order valence-corrected chi connectivity index (χ2v) is 4.65. The van der Waals surface area contributed by atoms with Crippen LogP contribution in [0.25, 0.3) is 0 Å². The lowest BCUT2D eigenvalue weighted by Crippen LogP contribution is -1.85. The summed E-state index contributed by atoms with van der Waals surface area (Å²) in [6.45, 7) is 0. The molecule has 0 amide bonds. The Balaban J connectivity index is 2.16. The van der Waals surface area contributed by atoms with Gasteiger partial charge < -0.3 is 15.6 Å². The first-order valence-corrected chi connectivity index (χ1v) is 5.91. The van der Waals surface area contributed by atoms with E-state index >= 15 is 0 Å². The molecule has 3 nitrogen and oxygen atoms in total. The summed E-state index contributed by atoms with van der Waals surface area (Å²) in [5, 5.41) is 9.50. The Morgan fingerprint density at radius 1 is 1.06 bits per heavy atom. The van der Waals surface area contributed by atoms with Crippen LogP contribution in [0.2, 0.25) is 0 Å². The number of ether oxygens (including phenoxy) is 1. The fraction of sp³-hybridized carbons (Fsp3) is 0.0769. The molecule has 0 spiro atoms. The first-order valence-electron chi connectivity index (χ1n) is 5.09. The van der Waals surface area contributed by atoms with Crippen molar-refractivity contribution in [3.05, 3.63) is 42.5 Å². The Kier molecular flexibility index (Phi) is 3.44. The molecule has 0 aliphatic heterocycles. The van der Waals surface area contributed by atoms with E-state index in [1.54, 1.807) is 31.0 Å². The molecule has 17 heavy (non-hydrogen) atoms. The number of methoxy groups -OCH3 is 1. The van der Waals surface area contributed by atoms with Crippen molar-refractivity contribution < 1.29 is 9.84 Å². The number of nitrogen functional groups attached to an aromatic ring is 1. The summed E-state index contributed by atoms with van der Waals surface area (Å²) in [4.78, 5) is 2.02. The van der Waals surface area contributed by atoms with E-state index in [4.69, 9.17) is 10.5 Å². The van der Waals surface area contributed by atoms with Crippen molar-refractivity contribution in [2.75, 3.05) is 12.8 Å². The average Bonchev–Trinajstić information content (AvgIpc) is 2.35. The molecule has 0 bridgehead atoms. The number of phenols is 1. The van der Waals surface area contributed by atoms with Crippen LogP contribution in [0.3, 0.4) is 0 Å². The Hall–Kier alpha value is -1.81. The van der Waals surface area contributed by atoms with Crippen molar-refractivity contribution in [3.63, 3.8) is 0 Å². The molecule has 3 N–H and O–H groups in total. The van der Waals surface area contributed by atoms with Crippen molar-refractivity contribution >= 4 is 17.4 Å². The van der Waals surface area contributed by atoms with Gasteiger partial charge in [-0.05, 0) is 42.5 Å². The van der Waals surface area contributed by atoms with Crippen molar-refractivity contribution in [2.45, 2.75) is 9.79 Å². The Morgan fingerprint density at radius 3 is 2.29 bits per heavy atom. The van der Waals surface area contributed by atoms with E-state index in [1.165, 1.54) is 0 Å². The molecule has 0 heterocycles. The Morgan fingerprint density at radius 2 is 1.71 bits per heavy atom. The molecular formula is C13H13NO2S. The maximum absolute atomic E-state index is 9.50. The largest absolute Gasteiger partial charge is 0.506 e. The van der Waals surface area contributed by atoms with E-state index in [-0.39, 0.29) is 5.75 Å². The topological polar surface area (TPSA) is 55.5 Å². The molecule has 0 unspecified atom stereocenters. The van der Waals surface area contributed by atoms with Gasteiger partial charge in [-0.2, -0.15) is 0 Å². The molecule has 2 rings (SSSR count). The summed E-state index contributed by atoms with van der Waals surface area (Å²) in [6.07, 6.45) is 0. The highest BCUT2D eigenvalue weighted by Gasteiger charge is 2.01. The van der Waals surface area contributed by atoms with Gasteiger partial charge >= 0.3 is 0 Å². The van der Waals surface area contributed by atoms with Gasteiger partial charge in [0.05, 0.1) is 12.8 Å². The maximum atomic E-state index is 9.50. The first-order chi connectivity index (χ1) is 8.19. The zero-order chi connectivity index (χ0) is 12.3. The zero-order valence-electron chi connectivity index (χ0n) is 9.38. The van der Waals surface area contributed by atoms with Gasteiger partial charge in [0, 0.05) is 9.79 Å². The summed E-state index contributed by atoms with van der Waals surface area (Å²) in [5.74, 6) is 0.943. The number of anilines is 1.